The molecule has 0 fully saturated rings. The summed E-state index contributed by atoms with van der Waals surface area (Å²) in [7, 11) is 0. The highest BCUT2D eigenvalue weighted by Crippen LogP contribution is 2.13. The first-order valence-electron chi connectivity index (χ1n) is 5.12. The van der Waals surface area contributed by atoms with Crippen molar-refractivity contribution < 1.29 is 4.79 Å². The Balaban J connectivity index is 2.95. The molecule has 0 amide bonds. The maximum absolute atomic E-state index is 11.8. The van der Waals surface area contributed by atoms with Crippen LogP contribution in [0.15, 0.2) is 30.1 Å². The van der Waals surface area contributed by atoms with Gasteiger partial charge in [-0.05, 0) is 25.0 Å². The van der Waals surface area contributed by atoms with Crippen LogP contribution in [0.4, 0.5) is 5.69 Å². The van der Waals surface area contributed by atoms with Crippen LogP contribution < -0.4 is 5.73 Å². The van der Waals surface area contributed by atoms with E-state index in [0.717, 1.165) is 18.4 Å². The summed E-state index contributed by atoms with van der Waals surface area (Å²) in [6, 6.07) is 1.64. The number of pyridine rings is 1. The van der Waals surface area contributed by atoms with Crippen molar-refractivity contribution in [3.8, 4) is 0 Å². The van der Waals surface area contributed by atoms with Gasteiger partial charge in [0, 0.05) is 18.1 Å². The topological polar surface area (TPSA) is 56.0 Å². The minimum Gasteiger partial charge on any atom is -0.398 e. The molecule has 0 aromatic carbocycles. The van der Waals surface area contributed by atoms with Gasteiger partial charge in [0.1, 0.15) is 0 Å². The Morgan fingerprint density at radius 2 is 2.13 bits per heavy atom. The van der Waals surface area contributed by atoms with E-state index in [1.807, 2.05) is 13.8 Å². The lowest BCUT2D eigenvalue weighted by atomic mass is 10.1. The van der Waals surface area contributed by atoms with Gasteiger partial charge in [-0.15, -0.1) is 0 Å². The zero-order valence-corrected chi connectivity index (χ0v) is 9.16. The van der Waals surface area contributed by atoms with Crippen LogP contribution in [0.25, 0.3) is 0 Å². The molecule has 3 nitrogen and oxygen atoms in total. The fourth-order valence-corrected chi connectivity index (χ4v) is 1.33. The Morgan fingerprint density at radius 3 is 2.67 bits per heavy atom. The summed E-state index contributed by atoms with van der Waals surface area (Å²) in [6.45, 7) is 4.07. The Kier molecular flexibility index (Phi) is 4.03. The number of aromatic nitrogens is 1. The molecule has 0 spiro atoms. The number of hydrogen-bond acceptors (Lipinski definition) is 3. The molecule has 0 saturated carbocycles. The van der Waals surface area contributed by atoms with Crippen molar-refractivity contribution in [2.75, 3.05) is 5.73 Å². The van der Waals surface area contributed by atoms with Crippen LogP contribution >= 0.6 is 0 Å². The number of nitrogens with zero attached hydrogens (tertiary/aromatic N) is 1. The number of hydrogen-bond donors (Lipinski definition) is 1. The normalized spacial score (nSPS) is 9.73. The second kappa shape index (κ2) is 5.29. The van der Waals surface area contributed by atoms with Gasteiger partial charge in [0.05, 0.1) is 5.56 Å². The molecule has 1 heterocycles. The number of anilines is 1. The molecule has 0 atom stereocenters. The molecular weight excluding hydrogens is 188 g/mol. The van der Waals surface area contributed by atoms with Crippen LogP contribution in [0.5, 0.6) is 0 Å². The van der Waals surface area contributed by atoms with E-state index in [1.54, 1.807) is 18.3 Å². The van der Waals surface area contributed by atoms with Crippen molar-refractivity contribution in [2.24, 2.45) is 0 Å². The number of nitrogen functional groups attached to an aromatic ring is 1. The van der Waals surface area contributed by atoms with Crippen molar-refractivity contribution in [3.05, 3.63) is 35.7 Å². The Labute approximate surface area is 90.0 Å². The SMILES string of the molecule is CCC(=CC(=O)c1cnccc1N)CC. The summed E-state index contributed by atoms with van der Waals surface area (Å²) in [5, 5.41) is 0. The minimum atomic E-state index is -0.0562. The Hall–Kier alpha value is -1.64. The Bertz CT molecular complexity index is 377. The zero-order valence-electron chi connectivity index (χ0n) is 9.16. The van der Waals surface area contributed by atoms with E-state index < -0.39 is 0 Å². The van der Waals surface area contributed by atoms with Gasteiger partial charge in [0.2, 0.25) is 0 Å². The molecule has 0 aliphatic carbocycles. The number of nitrogens with two attached hydrogens (primary N) is 1. The largest absolute Gasteiger partial charge is 0.398 e. The van der Waals surface area contributed by atoms with Crippen LogP contribution in [0.2, 0.25) is 0 Å². The Morgan fingerprint density at radius 1 is 1.47 bits per heavy atom. The predicted molar refractivity (Wildman–Crippen MR) is 61.6 cm³/mol. The van der Waals surface area contributed by atoms with E-state index in [-0.39, 0.29) is 5.78 Å². The summed E-state index contributed by atoms with van der Waals surface area (Å²) < 4.78 is 0. The zero-order chi connectivity index (χ0) is 11.3. The molecule has 2 N–H and O–H groups in total. The predicted octanol–water partition coefficient (Wildman–Crippen LogP) is 2.59. The summed E-state index contributed by atoms with van der Waals surface area (Å²) in [5.41, 5.74) is 7.79. The van der Waals surface area contributed by atoms with Crippen molar-refractivity contribution in [1.82, 2.24) is 4.98 Å². The molecule has 1 aromatic rings. The fraction of sp³-hybridized carbons (Fsp3) is 0.333. The number of ketones is 1. The summed E-state index contributed by atoms with van der Waals surface area (Å²) >= 11 is 0. The minimum absolute atomic E-state index is 0.0562. The maximum atomic E-state index is 11.8. The monoisotopic (exact) mass is 204 g/mol. The molecule has 0 unspecified atom stereocenters. The van der Waals surface area contributed by atoms with Crippen LogP contribution in [-0.4, -0.2) is 10.8 Å². The lowest BCUT2D eigenvalue weighted by Crippen LogP contribution is -2.02. The number of rotatable bonds is 4. The van der Waals surface area contributed by atoms with E-state index in [1.165, 1.54) is 6.20 Å². The molecule has 15 heavy (non-hydrogen) atoms. The third-order valence-electron chi connectivity index (χ3n) is 2.36. The fourth-order valence-electron chi connectivity index (χ4n) is 1.33. The highest BCUT2D eigenvalue weighted by Gasteiger charge is 2.07. The average molecular weight is 204 g/mol. The highest BCUT2D eigenvalue weighted by atomic mass is 16.1. The van der Waals surface area contributed by atoms with Gasteiger partial charge >= 0.3 is 0 Å². The van der Waals surface area contributed by atoms with E-state index in [0.29, 0.717) is 11.3 Å². The smallest absolute Gasteiger partial charge is 0.189 e. The van der Waals surface area contributed by atoms with Gasteiger partial charge < -0.3 is 5.73 Å². The third kappa shape index (κ3) is 2.91. The quantitative estimate of drug-likeness (QED) is 0.605. The van der Waals surface area contributed by atoms with Gasteiger partial charge in [0.25, 0.3) is 0 Å². The summed E-state index contributed by atoms with van der Waals surface area (Å²) in [4.78, 5) is 15.7. The van der Waals surface area contributed by atoms with Gasteiger partial charge in [-0.2, -0.15) is 0 Å². The first-order valence-corrected chi connectivity index (χ1v) is 5.12. The maximum Gasteiger partial charge on any atom is 0.189 e. The molecule has 0 aliphatic heterocycles. The molecule has 0 aliphatic rings. The summed E-state index contributed by atoms with van der Waals surface area (Å²) in [5.74, 6) is -0.0562. The third-order valence-corrected chi connectivity index (χ3v) is 2.36. The van der Waals surface area contributed by atoms with Crippen molar-refractivity contribution in [2.45, 2.75) is 26.7 Å². The van der Waals surface area contributed by atoms with Crippen molar-refractivity contribution in [3.63, 3.8) is 0 Å². The number of carbonyl (C=O) groups excluding carboxylic acids is 1. The average Bonchev–Trinajstić information content (AvgIpc) is 2.26. The van der Waals surface area contributed by atoms with Crippen LogP contribution in [-0.2, 0) is 0 Å². The van der Waals surface area contributed by atoms with Gasteiger partial charge in [-0.25, -0.2) is 0 Å². The van der Waals surface area contributed by atoms with Gasteiger partial charge in [-0.1, -0.05) is 19.4 Å². The first-order chi connectivity index (χ1) is 7.19. The van der Waals surface area contributed by atoms with Gasteiger partial charge in [-0.3, -0.25) is 9.78 Å². The second-order valence-electron chi connectivity index (χ2n) is 3.34. The standard InChI is InChI=1S/C12H16N2O/c1-3-9(4-2)7-12(15)10-8-14-6-5-11(10)13/h5-8H,3-4H2,1-2H3,(H2,13,14). The molecule has 3 heteroatoms. The molecule has 0 saturated heterocycles. The summed E-state index contributed by atoms with van der Waals surface area (Å²) in [6.07, 6.45) is 6.53. The molecule has 80 valence electrons. The van der Waals surface area contributed by atoms with Gasteiger partial charge in [0.15, 0.2) is 5.78 Å². The van der Waals surface area contributed by atoms with Crippen molar-refractivity contribution >= 4 is 11.5 Å². The van der Waals surface area contributed by atoms with E-state index in [9.17, 15) is 4.79 Å². The molecule has 0 radical (unpaired) electrons. The first kappa shape index (κ1) is 11.4. The molecule has 0 bridgehead atoms. The second-order valence-corrected chi connectivity index (χ2v) is 3.34. The van der Waals surface area contributed by atoms with Crippen LogP contribution in [0, 0.1) is 0 Å². The van der Waals surface area contributed by atoms with E-state index in [4.69, 9.17) is 5.73 Å². The van der Waals surface area contributed by atoms with Crippen LogP contribution in [0.3, 0.4) is 0 Å². The van der Waals surface area contributed by atoms with E-state index >= 15 is 0 Å². The molecule has 1 aromatic heterocycles. The highest BCUT2D eigenvalue weighted by molar-refractivity contribution is 6.08. The lowest BCUT2D eigenvalue weighted by molar-refractivity contribution is 0.104. The molecular formula is C12H16N2O. The van der Waals surface area contributed by atoms with Crippen molar-refractivity contribution in [1.29, 1.82) is 0 Å². The lowest BCUT2D eigenvalue weighted by Gasteiger charge is -2.02. The number of allylic oxidation sites excluding steroid dienone is 2. The number of carbonyl (C=O) groups is 1. The van der Waals surface area contributed by atoms with E-state index in [2.05, 4.69) is 4.98 Å². The molecule has 1 rings (SSSR count). The van der Waals surface area contributed by atoms with Crippen LogP contribution in [0.1, 0.15) is 37.0 Å².